The molecule has 1 aromatic carbocycles. The number of esters is 1. The molecular formula is C13H14N2O3S. The van der Waals surface area contributed by atoms with Gasteiger partial charge in [-0.3, -0.25) is 4.79 Å². The number of thioether (sulfide) groups is 1. The Morgan fingerprint density at radius 2 is 2.05 bits per heavy atom. The van der Waals surface area contributed by atoms with E-state index in [0.717, 1.165) is 5.56 Å². The first-order chi connectivity index (χ1) is 9.19. The van der Waals surface area contributed by atoms with Crippen molar-refractivity contribution in [1.29, 1.82) is 0 Å². The van der Waals surface area contributed by atoms with Gasteiger partial charge in [0, 0.05) is 5.56 Å². The van der Waals surface area contributed by atoms with Crippen molar-refractivity contribution in [1.82, 2.24) is 10.2 Å². The standard InChI is InChI=1S/C13H14N2O3S/c1-9-3-5-10(6-4-9)13-15-14-11(18-13)7-19-8-12(16)17-2/h3-6H,7-8H2,1-2H3. The molecule has 1 aromatic heterocycles. The fraction of sp³-hybridized carbons (Fsp3) is 0.308. The Kier molecular flexibility index (Phi) is 4.57. The Balaban J connectivity index is 1.95. The lowest BCUT2D eigenvalue weighted by molar-refractivity contribution is -0.137. The quantitative estimate of drug-likeness (QED) is 0.783. The lowest BCUT2D eigenvalue weighted by Crippen LogP contribution is -2.03. The van der Waals surface area contributed by atoms with E-state index in [9.17, 15) is 4.79 Å². The Bertz CT molecular complexity index is 551. The van der Waals surface area contributed by atoms with Crippen LogP contribution in [-0.2, 0) is 15.3 Å². The number of carbonyl (C=O) groups is 1. The summed E-state index contributed by atoms with van der Waals surface area (Å²) in [5, 5.41) is 7.94. The zero-order valence-electron chi connectivity index (χ0n) is 10.8. The molecule has 0 bridgehead atoms. The molecule has 0 radical (unpaired) electrons. The number of aryl methyl sites for hydroxylation is 1. The first kappa shape index (κ1) is 13.6. The number of methoxy groups -OCH3 is 1. The minimum Gasteiger partial charge on any atom is -0.468 e. The second-order valence-electron chi connectivity index (χ2n) is 3.94. The highest BCUT2D eigenvalue weighted by atomic mass is 32.2. The normalized spacial score (nSPS) is 10.4. The number of carbonyl (C=O) groups excluding carboxylic acids is 1. The van der Waals surface area contributed by atoms with Gasteiger partial charge in [-0.2, -0.15) is 0 Å². The second-order valence-corrected chi connectivity index (χ2v) is 4.92. The van der Waals surface area contributed by atoms with Gasteiger partial charge in [0.1, 0.15) is 0 Å². The zero-order valence-corrected chi connectivity index (χ0v) is 11.6. The van der Waals surface area contributed by atoms with Crippen LogP contribution in [0.25, 0.3) is 11.5 Å². The molecule has 0 N–H and O–H groups in total. The molecule has 2 aromatic rings. The van der Waals surface area contributed by atoms with Crippen LogP contribution < -0.4 is 0 Å². The summed E-state index contributed by atoms with van der Waals surface area (Å²) in [5.41, 5.74) is 2.07. The predicted molar refractivity (Wildman–Crippen MR) is 72.6 cm³/mol. The van der Waals surface area contributed by atoms with Crippen molar-refractivity contribution in [2.24, 2.45) is 0 Å². The minimum atomic E-state index is -0.261. The van der Waals surface area contributed by atoms with Gasteiger partial charge in [-0.15, -0.1) is 22.0 Å². The van der Waals surface area contributed by atoms with Crippen LogP contribution >= 0.6 is 11.8 Å². The average molecular weight is 278 g/mol. The maximum atomic E-state index is 11.0. The molecule has 0 unspecified atom stereocenters. The van der Waals surface area contributed by atoms with Gasteiger partial charge >= 0.3 is 5.97 Å². The van der Waals surface area contributed by atoms with Crippen molar-refractivity contribution < 1.29 is 13.9 Å². The average Bonchev–Trinajstić information content (AvgIpc) is 2.88. The maximum absolute atomic E-state index is 11.0. The van der Waals surface area contributed by atoms with Crippen molar-refractivity contribution in [2.45, 2.75) is 12.7 Å². The third-order valence-electron chi connectivity index (χ3n) is 2.44. The Labute approximate surface area is 115 Å². The van der Waals surface area contributed by atoms with E-state index < -0.39 is 0 Å². The fourth-order valence-electron chi connectivity index (χ4n) is 1.41. The Morgan fingerprint density at radius 3 is 2.74 bits per heavy atom. The molecule has 19 heavy (non-hydrogen) atoms. The van der Waals surface area contributed by atoms with E-state index in [0.29, 0.717) is 17.5 Å². The van der Waals surface area contributed by atoms with Gasteiger partial charge in [0.25, 0.3) is 0 Å². The third-order valence-corrected chi connectivity index (χ3v) is 3.33. The van der Waals surface area contributed by atoms with E-state index in [-0.39, 0.29) is 11.7 Å². The van der Waals surface area contributed by atoms with E-state index in [1.54, 1.807) is 0 Å². The first-order valence-corrected chi connectivity index (χ1v) is 6.88. The number of ether oxygens (including phenoxy) is 1. The zero-order chi connectivity index (χ0) is 13.7. The number of aromatic nitrogens is 2. The van der Waals surface area contributed by atoms with E-state index >= 15 is 0 Å². The maximum Gasteiger partial charge on any atom is 0.315 e. The van der Waals surface area contributed by atoms with Gasteiger partial charge in [0.15, 0.2) is 0 Å². The molecule has 1 heterocycles. The minimum absolute atomic E-state index is 0.261. The van der Waals surface area contributed by atoms with Gasteiger partial charge in [0.2, 0.25) is 11.8 Å². The molecule has 6 heteroatoms. The van der Waals surface area contributed by atoms with E-state index in [2.05, 4.69) is 14.9 Å². The molecule has 0 amide bonds. The van der Waals surface area contributed by atoms with E-state index in [4.69, 9.17) is 4.42 Å². The molecule has 2 rings (SSSR count). The molecule has 0 spiro atoms. The smallest absolute Gasteiger partial charge is 0.315 e. The second kappa shape index (κ2) is 6.38. The summed E-state index contributed by atoms with van der Waals surface area (Å²) in [6.07, 6.45) is 0. The highest BCUT2D eigenvalue weighted by Crippen LogP contribution is 2.20. The first-order valence-electron chi connectivity index (χ1n) is 5.73. The summed E-state index contributed by atoms with van der Waals surface area (Å²) < 4.78 is 10.1. The summed E-state index contributed by atoms with van der Waals surface area (Å²) in [5.74, 6) is 1.51. The lowest BCUT2D eigenvalue weighted by atomic mass is 10.1. The van der Waals surface area contributed by atoms with Crippen molar-refractivity contribution in [2.75, 3.05) is 12.9 Å². The van der Waals surface area contributed by atoms with Crippen LogP contribution in [0.3, 0.4) is 0 Å². The molecule has 0 saturated carbocycles. The molecule has 0 saturated heterocycles. The van der Waals surface area contributed by atoms with Crippen LogP contribution in [0.4, 0.5) is 0 Å². The number of nitrogens with zero attached hydrogens (tertiary/aromatic N) is 2. The van der Waals surface area contributed by atoms with Crippen LogP contribution in [0, 0.1) is 6.92 Å². The van der Waals surface area contributed by atoms with Crippen LogP contribution in [0.5, 0.6) is 0 Å². The Morgan fingerprint density at radius 1 is 1.32 bits per heavy atom. The van der Waals surface area contributed by atoms with Crippen LogP contribution in [0.1, 0.15) is 11.5 Å². The van der Waals surface area contributed by atoms with E-state index in [1.807, 2.05) is 31.2 Å². The van der Waals surface area contributed by atoms with Crippen molar-refractivity contribution >= 4 is 17.7 Å². The summed E-state index contributed by atoms with van der Waals surface area (Å²) in [7, 11) is 1.37. The third kappa shape index (κ3) is 3.82. The monoisotopic (exact) mass is 278 g/mol. The molecule has 0 atom stereocenters. The van der Waals surface area contributed by atoms with Gasteiger partial charge < -0.3 is 9.15 Å². The number of rotatable bonds is 5. The van der Waals surface area contributed by atoms with Crippen LogP contribution in [0.15, 0.2) is 28.7 Å². The van der Waals surface area contributed by atoms with Gasteiger partial charge in [-0.05, 0) is 19.1 Å². The topological polar surface area (TPSA) is 65.2 Å². The van der Waals surface area contributed by atoms with Gasteiger partial charge in [-0.25, -0.2) is 0 Å². The summed E-state index contributed by atoms with van der Waals surface area (Å²) in [6.45, 7) is 2.02. The fourth-order valence-corrected chi connectivity index (χ4v) is 2.08. The molecule has 0 aliphatic heterocycles. The molecule has 100 valence electrons. The Hall–Kier alpha value is -1.82. The highest BCUT2D eigenvalue weighted by molar-refractivity contribution is 7.99. The highest BCUT2D eigenvalue weighted by Gasteiger charge is 2.09. The van der Waals surface area contributed by atoms with Crippen LogP contribution in [0.2, 0.25) is 0 Å². The molecular weight excluding hydrogens is 264 g/mol. The summed E-state index contributed by atoms with van der Waals surface area (Å²) in [6, 6.07) is 7.86. The molecule has 5 nitrogen and oxygen atoms in total. The molecule has 0 fully saturated rings. The molecule has 0 aliphatic carbocycles. The molecule has 0 aliphatic rings. The van der Waals surface area contributed by atoms with Gasteiger partial charge in [0.05, 0.1) is 18.6 Å². The lowest BCUT2D eigenvalue weighted by Gasteiger charge is -1.97. The van der Waals surface area contributed by atoms with Crippen molar-refractivity contribution in [3.8, 4) is 11.5 Å². The van der Waals surface area contributed by atoms with Crippen molar-refractivity contribution in [3.05, 3.63) is 35.7 Å². The van der Waals surface area contributed by atoms with E-state index in [1.165, 1.54) is 24.4 Å². The largest absolute Gasteiger partial charge is 0.468 e. The predicted octanol–water partition coefficient (Wildman–Crippen LogP) is 2.45. The SMILES string of the molecule is COC(=O)CSCc1nnc(-c2ccc(C)cc2)o1. The van der Waals surface area contributed by atoms with Crippen LogP contribution in [-0.4, -0.2) is 29.0 Å². The summed E-state index contributed by atoms with van der Waals surface area (Å²) >= 11 is 1.38. The number of hydrogen-bond donors (Lipinski definition) is 0. The summed E-state index contributed by atoms with van der Waals surface area (Å²) in [4.78, 5) is 11.0. The number of hydrogen-bond acceptors (Lipinski definition) is 6. The van der Waals surface area contributed by atoms with Crippen molar-refractivity contribution in [3.63, 3.8) is 0 Å². The van der Waals surface area contributed by atoms with Gasteiger partial charge in [-0.1, -0.05) is 17.7 Å². The number of benzene rings is 1.